The standard InChI is InChI=1S/C18H19N2O7/c1-26-14-7-12(8-15(9-14)27-2)18(23)19-16(10-17(21)22)11-4-3-5-13(6-11)20(24)25/h3-9,16,24H,10H2,1-2H3,(H,19,23)(H,21,22)/q-1. The van der Waals surface area contributed by atoms with Crippen LogP contribution in [0.15, 0.2) is 42.5 Å². The number of rotatable bonds is 8. The highest BCUT2D eigenvalue weighted by atomic mass is 16.8. The molecule has 0 radical (unpaired) electrons. The molecule has 0 aliphatic carbocycles. The highest BCUT2D eigenvalue weighted by Gasteiger charge is 2.20. The molecule has 0 fully saturated rings. The van der Waals surface area contributed by atoms with Gasteiger partial charge in [0.15, 0.2) is 0 Å². The number of aliphatic carboxylic acids is 1. The first-order valence-electron chi connectivity index (χ1n) is 7.86. The Balaban J connectivity index is 2.32. The Kier molecular flexibility index (Phi) is 6.58. The number of carbonyl (C=O) groups excluding carboxylic acids is 1. The van der Waals surface area contributed by atoms with Crippen molar-refractivity contribution in [2.75, 3.05) is 19.4 Å². The van der Waals surface area contributed by atoms with Gasteiger partial charge in [-0.05, 0) is 29.8 Å². The SMILES string of the molecule is COc1cc(OC)cc(C(=O)NC(CC(=O)O)c2cccc(N([O-])O)c2)c1. The van der Waals surface area contributed by atoms with Crippen molar-refractivity contribution in [3.05, 3.63) is 58.8 Å². The molecule has 0 saturated heterocycles. The third-order valence-electron chi connectivity index (χ3n) is 3.79. The monoisotopic (exact) mass is 375 g/mol. The molecule has 1 unspecified atom stereocenters. The molecular weight excluding hydrogens is 356 g/mol. The first-order valence-corrected chi connectivity index (χ1v) is 7.86. The second-order valence-corrected chi connectivity index (χ2v) is 5.59. The lowest BCUT2D eigenvalue weighted by atomic mass is 10.0. The topological polar surface area (TPSA) is 131 Å². The fourth-order valence-corrected chi connectivity index (χ4v) is 2.47. The van der Waals surface area contributed by atoms with Gasteiger partial charge in [0.05, 0.1) is 32.4 Å². The highest BCUT2D eigenvalue weighted by molar-refractivity contribution is 5.95. The Morgan fingerprint density at radius 3 is 2.30 bits per heavy atom. The van der Waals surface area contributed by atoms with E-state index in [1.54, 1.807) is 12.1 Å². The minimum Gasteiger partial charge on any atom is -0.733 e. The van der Waals surface area contributed by atoms with Crippen molar-refractivity contribution < 1.29 is 29.4 Å². The highest BCUT2D eigenvalue weighted by Crippen LogP contribution is 2.25. The van der Waals surface area contributed by atoms with Crippen LogP contribution in [-0.2, 0) is 4.79 Å². The summed E-state index contributed by atoms with van der Waals surface area (Å²) in [5.41, 5.74) is 0.485. The third-order valence-corrected chi connectivity index (χ3v) is 3.79. The molecule has 2 rings (SSSR count). The largest absolute Gasteiger partial charge is 0.733 e. The molecular formula is C18H19N2O7-. The number of nitrogens with one attached hydrogen (secondary N) is 1. The molecule has 2 aromatic rings. The summed E-state index contributed by atoms with van der Waals surface area (Å²) in [5, 5.41) is 31.5. The second kappa shape index (κ2) is 8.88. The van der Waals surface area contributed by atoms with Crippen LogP contribution in [0.5, 0.6) is 11.5 Å². The van der Waals surface area contributed by atoms with Gasteiger partial charge in [-0.2, -0.15) is 0 Å². The Morgan fingerprint density at radius 2 is 1.78 bits per heavy atom. The van der Waals surface area contributed by atoms with Crippen LogP contribution in [0, 0.1) is 5.21 Å². The number of hydrogen-bond acceptors (Lipinski definition) is 7. The van der Waals surface area contributed by atoms with Crippen LogP contribution >= 0.6 is 0 Å². The van der Waals surface area contributed by atoms with Gasteiger partial charge in [-0.25, -0.2) is 0 Å². The molecule has 1 atom stereocenters. The second-order valence-electron chi connectivity index (χ2n) is 5.59. The molecule has 144 valence electrons. The number of methoxy groups -OCH3 is 2. The Bertz CT molecular complexity index is 801. The van der Waals surface area contributed by atoms with E-state index < -0.39 is 24.3 Å². The van der Waals surface area contributed by atoms with Crippen molar-refractivity contribution in [2.24, 2.45) is 0 Å². The lowest BCUT2D eigenvalue weighted by molar-refractivity contribution is -0.137. The summed E-state index contributed by atoms with van der Waals surface area (Å²) in [5.74, 6) is -0.888. The van der Waals surface area contributed by atoms with Crippen molar-refractivity contribution in [1.29, 1.82) is 0 Å². The molecule has 0 spiro atoms. The zero-order chi connectivity index (χ0) is 20.0. The maximum Gasteiger partial charge on any atom is 0.305 e. The maximum atomic E-state index is 12.6. The molecule has 1 amide bonds. The zero-order valence-electron chi connectivity index (χ0n) is 14.7. The Hall–Kier alpha value is -3.30. The van der Waals surface area contributed by atoms with Gasteiger partial charge in [-0.3, -0.25) is 14.8 Å². The van der Waals surface area contributed by atoms with Crippen molar-refractivity contribution in [1.82, 2.24) is 5.32 Å². The fraction of sp³-hybridized carbons (Fsp3) is 0.222. The van der Waals surface area contributed by atoms with Crippen LogP contribution in [0.1, 0.15) is 28.4 Å². The lowest BCUT2D eigenvalue weighted by Crippen LogP contribution is -2.30. The van der Waals surface area contributed by atoms with Gasteiger partial charge in [0.1, 0.15) is 11.5 Å². The fourth-order valence-electron chi connectivity index (χ4n) is 2.47. The van der Waals surface area contributed by atoms with Gasteiger partial charge >= 0.3 is 5.97 Å². The smallest absolute Gasteiger partial charge is 0.305 e. The molecule has 3 N–H and O–H groups in total. The van der Waals surface area contributed by atoms with Crippen LogP contribution in [0.25, 0.3) is 0 Å². The first-order chi connectivity index (χ1) is 12.8. The number of hydrogen-bond donors (Lipinski definition) is 3. The number of benzene rings is 2. The van der Waals surface area contributed by atoms with Crippen molar-refractivity contribution in [3.8, 4) is 11.5 Å². The normalized spacial score (nSPS) is 11.4. The summed E-state index contributed by atoms with van der Waals surface area (Å²) in [6.45, 7) is 0. The third kappa shape index (κ3) is 5.33. The molecule has 2 aromatic carbocycles. The number of nitrogens with zero attached hydrogens (tertiary/aromatic N) is 1. The van der Waals surface area contributed by atoms with Crippen LogP contribution in [0.3, 0.4) is 0 Å². The van der Waals surface area contributed by atoms with Crippen LogP contribution < -0.4 is 20.0 Å². The molecule has 27 heavy (non-hydrogen) atoms. The van der Waals surface area contributed by atoms with E-state index >= 15 is 0 Å². The molecule has 9 heteroatoms. The van der Waals surface area contributed by atoms with E-state index in [4.69, 9.17) is 19.8 Å². The predicted octanol–water partition coefficient (Wildman–Crippen LogP) is 2.34. The average molecular weight is 375 g/mol. The number of ether oxygens (including phenoxy) is 2. The van der Waals surface area contributed by atoms with Crippen LogP contribution in [0.2, 0.25) is 0 Å². The molecule has 0 bridgehead atoms. The summed E-state index contributed by atoms with van der Waals surface area (Å²) < 4.78 is 10.2. The molecule has 0 heterocycles. The summed E-state index contributed by atoms with van der Waals surface area (Å²) in [4.78, 5) is 23.8. The van der Waals surface area contributed by atoms with E-state index in [1.807, 2.05) is 0 Å². The first kappa shape index (κ1) is 20.0. The van der Waals surface area contributed by atoms with E-state index in [2.05, 4.69) is 5.32 Å². The van der Waals surface area contributed by atoms with E-state index in [9.17, 15) is 14.8 Å². The average Bonchev–Trinajstić information content (AvgIpc) is 2.66. The van der Waals surface area contributed by atoms with Crippen molar-refractivity contribution in [2.45, 2.75) is 12.5 Å². The van der Waals surface area contributed by atoms with Crippen molar-refractivity contribution in [3.63, 3.8) is 0 Å². The van der Waals surface area contributed by atoms with Gasteiger partial charge in [0, 0.05) is 11.6 Å². The molecule has 0 aromatic heterocycles. The van der Waals surface area contributed by atoms with E-state index in [0.717, 1.165) is 0 Å². The molecule has 0 saturated carbocycles. The molecule has 9 nitrogen and oxygen atoms in total. The number of carbonyl (C=O) groups is 2. The summed E-state index contributed by atoms with van der Waals surface area (Å²) in [7, 11) is 2.89. The van der Waals surface area contributed by atoms with Gasteiger partial charge in [-0.15, -0.1) is 0 Å². The van der Waals surface area contributed by atoms with E-state index in [1.165, 1.54) is 44.6 Å². The van der Waals surface area contributed by atoms with Gasteiger partial charge in [-0.1, -0.05) is 12.1 Å². The minimum atomic E-state index is -1.14. The van der Waals surface area contributed by atoms with Gasteiger partial charge in [0.2, 0.25) is 0 Å². The summed E-state index contributed by atoms with van der Waals surface area (Å²) in [6, 6.07) is 9.31. The van der Waals surface area contributed by atoms with E-state index in [0.29, 0.717) is 17.1 Å². The van der Waals surface area contributed by atoms with Crippen LogP contribution in [0.4, 0.5) is 5.69 Å². The Labute approximate surface area is 155 Å². The molecule has 0 aliphatic heterocycles. The number of carboxylic acids is 1. The lowest BCUT2D eigenvalue weighted by Gasteiger charge is -2.24. The number of carboxylic acid groups (broad SMARTS) is 1. The number of amides is 1. The predicted molar refractivity (Wildman–Crippen MR) is 96.1 cm³/mol. The summed E-state index contributed by atoms with van der Waals surface area (Å²) >= 11 is 0. The number of anilines is 1. The minimum absolute atomic E-state index is 0.0832. The Morgan fingerprint density at radius 1 is 1.15 bits per heavy atom. The van der Waals surface area contributed by atoms with Crippen LogP contribution in [-0.4, -0.2) is 36.4 Å². The van der Waals surface area contributed by atoms with E-state index in [-0.39, 0.29) is 16.5 Å². The summed E-state index contributed by atoms with van der Waals surface area (Å²) in [6.07, 6.45) is -0.416. The zero-order valence-corrected chi connectivity index (χ0v) is 14.7. The van der Waals surface area contributed by atoms with Gasteiger partial charge in [0.25, 0.3) is 5.91 Å². The maximum absolute atomic E-state index is 12.6. The molecule has 0 aliphatic rings. The quantitative estimate of drug-likeness (QED) is 0.599. The van der Waals surface area contributed by atoms with Gasteiger partial charge < -0.3 is 30.3 Å². The van der Waals surface area contributed by atoms with Crippen molar-refractivity contribution >= 4 is 17.6 Å².